The Labute approximate surface area is 83.4 Å². The van der Waals surface area contributed by atoms with E-state index >= 15 is 0 Å². The molecular weight excluding hydrogens is 178 g/mol. The summed E-state index contributed by atoms with van der Waals surface area (Å²) in [4.78, 5) is 7.88. The Morgan fingerprint density at radius 1 is 1.36 bits per heavy atom. The molecule has 0 unspecified atom stereocenters. The molecule has 4 heteroatoms. The minimum atomic E-state index is -0.0319. The van der Waals surface area contributed by atoms with Crippen molar-refractivity contribution in [2.45, 2.75) is 31.3 Å². The second-order valence-corrected chi connectivity index (χ2v) is 3.89. The van der Waals surface area contributed by atoms with Gasteiger partial charge in [-0.05, 0) is 19.3 Å². The van der Waals surface area contributed by atoms with Gasteiger partial charge < -0.3 is 10.4 Å². The molecule has 1 aliphatic rings. The van der Waals surface area contributed by atoms with Crippen LogP contribution in [0.4, 0.5) is 0 Å². The molecule has 0 aromatic carbocycles. The van der Waals surface area contributed by atoms with Crippen LogP contribution in [0.1, 0.15) is 24.8 Å². The van der Waals surface area contributed by atoms with Crippen LogP contribution in [0.25, 0.3) is 0 Å². The molecule has 14 heavy (non-hydrogen) atoms. The molecule has 4 nitrogen and oxygen atoms in total. The lowest BCUT2D eigenvalue weighted by Gasteiger charge is -2.41. The lowest BCUT2D eigenvalue weighted by molar-refractivity contribution is 0.0871. The summed E-state index contributed by atoms with van der Waals surface area (Å²) in [5, 5.41) is 12.6. The van der Waals surface area contributed by atoms with Crippen LogP contribution in [-0.2, 0) is 6.54 Å². The fourth-order valence-electron chi connectivity index (χ4n) is 1.71. The van der Waals surface area contributed by atoms with Crippen LogP contribution in [-0.4, -0.2) is 27.2 Å². The molecule has 76 valence electrons. The third-order valence-corrected chi connectivity index (χ3v) is 2.89. The van der Waals surface area contributed by atoms with Gasteiger partial charge in [-0.25, -0.2) is 9.97 Å². The summed E-state index contributed by atoms with van der Waals surface area (Å²) >= 11 is 0. The van der Waals surface area contributed by atoms with Gasteiger partial charge in [0.05, 0.1) is 6.61 Å². The fraction of sp³-hybridized carbons (Fsp3) is 0.600. The van der Waals surface area contributed by atoms with Crippen molar-refractivity contribution in [1.82, 2.24) is 15.3 Å². The molecule has 2 rings (SSSR count). The van der Waals surface area contributed by atoms with E-state index in [1.807, 2.05) is 0 Å². The Balaban J connectivity index is 1.88. The zero-order valence-corrected chi connectivity index (χ0v) is 8.11. The van der Waals surface area contributed by atoms with E-state index in [9.17, 15) is 5.11 Å². The van der Waals surface area contributed by atoms with Crippen molar-refractivity contribution in [2.75, 3.05) is 6.61 Å². The first-order chi connectivity index (χ1) is 6.85. The summed E-state index contributed by atoms with van der Waals surface area (Å²) in [6, 6.07) is 0. The predicted molar refractivity (Wildman–Crippen MR) is 52.5 cm³/mol. The van der Waals surface area contributed by atoms with Gasteiger partial charge in [0.2, 0.25) is 0 Å². The van der Waals surface area contributed by atoms with Crippen molar-refractivity contribution in [1.29, 1.82) is 0 Å². The largest absolute Gasteiger partial charge is 0.394 e. The highest BCUT2D eigenvalue weighted by atomic mass is 16.3. The Hall–Kier alpha value is -1.00. The highest BCUT2D eigenvalue weighted by Crippen LogP contribution is 2.31. The molecule has 1 aromatic rings. The molecule has 0 atom stereocenters. The second-order valence-electron chi connectivity index (χ2n) is 3.89. The zero-order chi connectivity index (χ0) is 9.86. The van der Waals surface area contributed by atoms with Crippen molar-refractivity contribution >= 4 is 0 Å². The number of aromatic nitrogens is 2. The molecule has 1 aromatic heterocycles. The van der Waals surface area contributed by atoms with Crippen LogP contribution in [0.3, 0.4) is 0 Å². The molecular formula is C10H15N3O. The van der Waals surface area contributed by atoms with Crippen LogP contribution < -0.4 is 5.32 Å². The van der Waals surface area contributed by atoms with Crippen LogP contribution in [0, 0.1) is 0 Å². The quantitative estimate of drug-likeness (QED) is 0.730. The van der Waals surface area contributed by atoms with E-state index in [1.165, 1.54) is 12.7 Å². The van der Waals surface area contributed by atoms with Crippen LogP contribution in [0.5, 0.6) is 0 Å². The maximum Gasteiger partial charge on any atom is 0.115 e. The minimum absolute atomic E-state index is 0.0319. The monoisotopic (exact) mass is 193 g/mol. The Kier molecular flexibility index (Phi) is 2.74. The summed E-state index contributed by atoms with van der Waals surface area (Å²) in [6.45, 7) is 0.960. The molecule has 1 saturated carbocycles. The van der Waals surface area contributed by atoms with Gasteiger partial charge in [0.25, 0.3) is 0 Å². The third kappa shape index (κ3) is 1.91. The number of hydrogen-bond acceptors (Lipinski definition) is 4. The molecule has 1 fully saturated rings. The van der Waals surface area contributed by atoms with Gasteiger partial charge in [0.15, 0.2) is 0 Å². The maximum absolute atomic E-state index is 9.22. The van der Waals surface area contributed by atoms with Crippen LogP contribution in [0.15, 0.2) is 18.7 Å². The van der Waals surface area contributed by atoms with Gasteiger partial charge in [0, 0.05) is 30.0 Å². The zero-order valence-electron chi connectivity index (χ0n) is 8.11. The lowest BCUT2D eigenvalue weighted by Crippen LogP contribution is -2.53. The van der Waals surface area contributed by atoms with E-state index < -0.39 is 0 Å². The maximum atomic E-state index is 9.22. The first-order valence-electron chi connectivity index (χ1n) is 4.94. The van der Waals surface area contributed by atoms with E-state index in [2.05, 4.69) is 15.3 Å². The Morgan fingerprint density at radius 3 is 2.57 bits per heavy atom. The lowest BCUT2D eigenvalue weighted by atomic mass is 9.77. The summed E-state index contributed by atoms with van der Waals surface area (Å²) in [6.07, 6.45) is 8.45. The predicted octanol–water partition coefficient (Wildman–Crippen LogP) is 0.481. The summed E-state index contributed by atoms with van der Waals surface area (Å²) < 4.78 is 0. The van der Waals surface area contributed by atoms with Crippen LogP contribution in [0.2, 0.25) is 0 Å². The van der Waals surface area contributed by atoms with Crippen molar-refractivity contribution < 1.29 is 5.11 Å². The SMILES string of the molecule is OCC1(NCc2cncnc2)CCC1. The number of hydrogen-bond donors (Lipinski definition) is 2. The fourth-order valence-corrected chi connectivity index (χ4v) is 1.71. The standard InChI is InChI=1S/C10H15N3O/c14-7-10(2-1-3-10)13-6-9-4-11-8-12-5-9/h4-5,8,13-14H,1-3,6-7H2. The van der Waals surface area contributed by atoms with Gasteiger partial charge in [-0.15, -0.1) is 0 Å². The minimum Gasteiger partial charge on any atom is -0.394 e. The average molecular weight is 193 g/mol. The van der Waals surface area contributed by atoms with E-state index in [0.717, 1.165) is 24.9 Å². The summed E-state index contributed by atoms with van der Waals surface area (Å²) in [7, 11) is 0. The van der Waals surface area contributed by atoms with Gasteiger partial charge in [0.1, 0.15) is 6.33 Å². The van der Waals surface area contributed by atoms with E-state index in [4.69, 9.17) is 0 Å². The van der Waals surface area contributed by atoms with Gasteiger partial charge >= 0.3 is 0 Å². The van der Waals surface area contributed by atoms with Crippen molar-refractivity contribution in [3.63, 3.8) is 0 Å². The van der Waals surface area contributed by atoms with Crippen molar-refractivity contribution in [3.8, 4) is 0 Å². The third-order valence-electron chi connectivity index (χ3n) is 2.89. The molecule has 0 radical (unpaired) electrons. The van der Waals surface area contributed by atoms with E-state index in [-0.39, 0.29) is 12.1 Å². The van der Waals surface area contributed by atoms with Crippen LogP contribution >= 0.6 is 0 Å². The molecule has 0 amide bonds. The Bertz CT molecular complexity index is 279. The van der Waals surface area contributed by atoms with E-state index in [0.29, 0.717) is 0 Å². The second kappa shape index (κ2) is 4.02. The average Bonchev–Trinajstić information content (AvgIpc) is 2.19. The van der Waals surface area contributed by atoms with Crippen molar-refractivity contribution in [3.05, 3.63) is 24.3 Å². The number of nitrogens with zero attached hydrogens (tertiary/aromatic N) is 2. The molecule has 1 aliphatic carbocycles. The normalized spacial score (nSPS) is 18.9. The molecule has 2 N–H and O–H groups in total. The molecule has 0 saturated heterocycles. The number of aliphatic hydroxyl groups is 1. The van der Waals surface area contributed by atoms with Gasteiger partial charge in [-0.2, -0.15) is 0 Å². The number of aliphatic hydroxyl groups excluding tert-OH is 1. The number of rotatable bonds is 4. The topological polar surface area (TPSA) is 58.0 Å². The highest BCUT2D eigenvalue weighted by molar-refractivity contribution is 5.04. The number of nitrogens with one attached hydrogen (secondary N) is 1. The first-order valence-corrected chi connectivity index (χ1v) is 4.94. The molecule has 0 aliphatic heterocycles. The Morgan fingerprint density at radius 2 is 2.07 bits per heavy atom. The summed E-state index contributed by atoms with van der Waals surface area (Å²) in [5.74, 6) is 0. The molecule has 1 heterocycles. The van der Waals surface area contributed by atoms with E-state index in [1.54, 1.807) is 12.4 Å². The van der Waals surface area contributed by atoms with Gasteiger partial charge in [-0.1, -0.05) is 0 Å². The van der Waals surface area contributed by atoms with Gasteiger partial charge in [-0.3, -0.25) is 0 Å². The summed E-state index contributed by atoms with van der Waals surface area (Å²) in [5.41, 5.74) is 1.03. The first kappa shape index (κ1) is 9.55. The highest BCUT2D eigenvalue weighted by Gasteiger charge is 2.35. The van der Waals surface area contributed by atoms with Crippen molar-refractivity contribution in [2.24, 2.45) is 0 Å². The molecule has 0 spiro atoms. The smallest absolute Gasteiger partial charge is 0.115 e. The molecule has 0 bridgehead atoms.